The highest BCUT2D eigenvalue weighted by molar-refractivity contribution is 7.14. The average Bonchev–Trinajstić information content (AvgIpc) is 3.46. The van der Waals surface area contributed by atoms with Crippen molar-refractivity contribution < 1.29 is 22.8 Å². The number of benzene rings is 1. The molecule has 3 aromatic rings. The summed E-state index contributed by atoms with van der Waals surface area (Å²) >= 11 is 2.59. The van der Waals surface area contributed by atoms with Gasteiger partial charge in [-0.05, 0) is 29.6 Å². The predicted octanol–water partition coefficient (Wildman–Crippen LogP) is 4.37. The smallest absolute Gasteiger partial charge is 0.368 e. The van der Waals surface area contributed by atoms with Crippen molar-refractivity contribution in [2.75, 3.05) is 36.4 Å². The third-order valence-corrected chi connectivity index (χ3v) is 6.70. The van der Waals surface area contributed by atoms with E-state index in [0.717, 1.165) is 12.1 Å². The Hall–Kier alpha value is -2.92. The summed E-state index contributed by atoms with van der Waals surface area (Å²) in [5, 5.41) is 6.70. The first-order valence-corrected chi connectivity index (χ1v) is 11.5. The SMILES string of the molecule is O=C(Nc1nc(CC(=O)N2CCN(c3cccc(C(F)(F)F)c3)CC2)cs1)c1cccs1. The molecule has 0 saturated carbocycles. The Morgan fingerprint density at radius 1 is 1.06 bits per heavy atom. The van der Waals surface area contributed by atoms with Crippen molar-refractivity contribution in [1.29, 1.82) is 0 Å². The number of carbonyl (C=O) groups excluding carboxylic acids is 2. The fourth-order valence-corrected chi connectivity index (χ4v) is 4.70. The number of anilines is 2. The molecule has 2 aromatic heterocycles. The first kappa shape index (κ1) is 22.3. The van der Waals surface area contributed by atoms with Crippen LogP contribution in [-0.2, 0) is 17.4 Å². The Kier molecular flexibility index (Phi) is 6.47. The molecular weight excluding hydrogens is 461 g/mol. The van der Waals surface area contributed by atoms with Crippen LogP contribution in [0.3, 0.4) is 0 Å². The van der Waals surface area contributed by atoms with E-state index in [1.54, 1.807) is 28.5 Å². The van der Waals surface area contributed by atoms with Crippen LogP contribution in [-0.4, -0.2) is 47.9 Å². The van der Waals surface area contributed by atoms with E-state index in [-0.39, 0.29) is 18.2 Å². The van der Waals surface area contributed by atoms with Crippen molar-refractivity contribution in [2.45, 2.75) is 12.6 Å². The number of hydrogen-bond donors (Lipinski definition) is 1. The highest BCUT2D eigenvalue weighted by Crippen LogP contribution is 2.32. The number of amides is 2. The van der Waals surface area contributed by atoms with Crippen LogP contribution in [0.1, 0.15) is 20.9 Å². The number of alkyl halides is 3. The minimum Gasteiger partial charge on any atom is -0.368 e. The van der Waals surface area contributed by atoms with Gasteiger partial charge in [-0.25, -0.2) is 4.98 Å². The summed E-state index contributed by atoms with van der Waals surface area (Å²) in [4.78, 5) is 33.2. The molecule has 0 atom stereocenters. The van der Waals surface area contributed by atoms with Gasteiger partial charge >= 0.3 is 6.18 Å². The lowest BCUT2D eigenvalue weighted by Gasteiger charge is -2.36. The second-order valence-corrected chi connectivity index (χ2v) is 8.97. The standard InChI is InChI=1S/C21H19F3N4O2S2/c22-21(23,24)14-3-1-4-16(11-14)27-6-8-28(9-7-27)18(29)12-15-13-32-20(25-15)26-19(30)17-5-2-10-31-17/h1-5,10-11,13H,6-9,12H2,(H,25,26,30). The zero-order valence-corrected chi connectivity index (χ0v) is 18.4. The predicted molar refractivity (Wildman–Crippen MR) is 118 cm³/mol. The van der Waals surface area contributed by atoms with Crippen molar-refractivity contribution in [3.63, 3.8) is 0 Å². The van der Waals surface area contributed by atoms with Crippen LogP contribution in [0.4, 0.5) is 24.0 Å². The fraction of sp³-hybridized carbons (Fsp3) is 0.286. The van der Waals surface area contributed by atoms with Gasteiger partial charge in [-0.2, -0.15) is 13.2 Å². The second-order valence-electron chi connectivity index (χ2n) is 7.17. The summed E-state index contributed by atoms with van der Waals surface area (Å²) in [6.07, 6.45) is -4.28. The fourth-order valence-electron chi connectivity index (χ4n) is 3.37. The van der Waals surface area contributed by atoms with Crippen LogP contribution in [0.25, 0.3) is 0 Å². The molecule has 1 aromatic carbocycles. The molecule has 32 heavy (non-hydrogen) atoms. The maximum Gasteiger partial charge on any atom is 0.416 e. The molecule has 1 N–H and O–H groups in total. The quantitative estimate of drug-likeness (QED) is 0.589. The van der Waals surface area contributed by atoms with Crippen molar-refractivity contribution in [1.82, 2.24) is 9.88 Å². The number of rotatable bonds is 5. The lowest BCUT2D eigenvalue weighted by atomic mass is 10.1. The molecule has 0 bridgehead atoms. The molecular formula is C21H19F3N4O2S2. The van der Waals surface area contributed by atoms with Gasteiger partial charge in [-0.15, -0.1) is 22.7 Å². The molecule has 0 unspecified atom stereocenters. The van der Waals surface area contributed by atoms with Gasteiger partial charge in [0.15, 0.2) is 5.13 Å². The molecule has 0 radical (unpaired) electrons. The van der Waals surface area contributed by atoms with Gasteiger partial charge in [0.2, 0.25) is 5.91 Å². The Labute approximate surface area is 190 Å². The number of halogens is 3. The number of piperazine rings is 1. The summed E-state index contributed by atoms with van der Waals surface area (Å²) in [5.41, 5.74) is 0.387. The third-order valence-electron chi connectivity index (χ3n) is 5.02. The molecule has 6 nitrogen and oxygen atoms in total. The van der Waals surface area contributed by atoms with Gasteiger partial charge in [0, 0.05) is 37.2 Å². The van der Waals surface area contributed by atoms with E-state index >= 15 is 0 Å². The van der Waals surface area contributed by atoms with E-state index < -0.39 is 11.7 Å². The average molecular weight is 481 g/mol. The highest BCUT2D eigenvalue weighted by Gasteiger charge is 2.31. The third kappa shape index (κ3) is 5.28. The van der Waals surface area contributed by atoms with Gasteiger partial charge in [0.05, 0.1) is 22.6 Å². The van der Waals surface area contributed by atoms with Gasteiger partial charge < -0.3 is 9.80 Å². The normalized spacial score (nSPS) is 14.5. The summed E-state index contributed by atoms with van der Waals surface area (Å²) in [7, 11) is 0. The van der Waals surface area contributed by atoms with Crippen LogP contribution >= 0.6 is 22.7 Å². The van der Waals surface area contributed by atoms with Crippen molar-refractivity contribution in [3.8, 4) is 0 Å². The topological polar surface area (TPSA) is 65.5 Å². The number of thiophene rings is 1. The van der Waals surface area contributed by atoms with E-state index in [1.165, 1.54) is 28.7 Å². The number of carbonyl (C=O) groups is 2. The van der Waals surface area contributed by atoms with Crippen LogP contribution in [0.5, 0.6) is 0 Å². The monoisotopic (exact) mass is 480 g/mol. The van der Waals surface area contributed by atoms with E-state index in [9.17, 15) is 22.8 Å². The Bertz CT molecular complexity index is 1090. The first-order valence-electron chi connectivity index (χ1n) is 9.79. The minimum atomic E-state index is -4.39. The summed E-state index contributed by atoms with van der Waals surface area (Å²) in [5.74, 6) is -0.340. The van der Waals surface area contributed by atoms with E-state index in [4.69, 9.17) is 0 Å². The van der Waals surface area contributed by atoms with Crippen LogP contribution in [0, 0.1) is 0 Å². The van der Waals surface area contributed by atoms with Crippen molar-refractivity contribution >= 4 is 45.3 Å². The lowest BCUT2D eigenvalue weighted by molar-refractivity contribution is -0.137. The zero-order chi connectivity index (χ0) is 22.7. The van der Waals surface area contributed by atoms with Gasteiger partial charge in [-0.3, -0.25) is 14.9 Å². The Morgan fingerprint density at radius 3 is 2.53 bits per heavy atom. The molecule has 168 valence electrons. The summed E-state index contributed by atoms with van der Waals surface area (Å²) < 4.78 is 38.9. The maximum atomic E-state index is 13.0. The molecule has 1 saturated heterocycles. The molecule has 0 spiro atoms. The van der Waals surface area contributed by atoms with Crippen molar-refractivity contribution in [2.24, 2.45) is 0 Å². The number of nitrogens with one attached hydrogen (secondary N) is 1. The molecule has 11 heteroatoms. The Balaban J connectivity index is 1.30. The minimum absolute atomic E-state index is 0.102. The molecule has 4 rings (SSSR count). The van der Waals surface area contributed by atoms with Gasteiger partial charge in [0.1, 0.15) is 0 Å². The highest BCUT2D eigenvalue weighted by atomic mass is 32.1. The molecule has 1 aliphatic rings. The van der Waals surface area contributed by atoms with Crippen LogP contribution in [0.15, 0.2) is 47.2 Å². The Morgan fingerprint density at radius 2 is 1.84 bits per heavy atom. The largest absolute Gasteiger partial charge is 0.416 e. The van der Waals surface area contributed by atoms with E-state index in [0.29, 0.717) is 47.6 Å². The number of hydrogen-bond acceptors (Lipinski definition) is 6. The summed E-state index contributed by atoms with van der Waals surface area (Å²) in [6.45, 7) is 1.74. The number of nitrogens with zero attached hydrogens (tertiary/aromatic N) is 3. The number of thiazole rings is 1. The first-order chi connectivity index (χ1) is 15.3. The lowest BCUT2D eigenvalue weighted by Crippen LogP contribution is -2.49. The molecule has 1 fully saturated rings. The molecule has 3 heterocycles. The van der Waals surface area contributed by atoms with Gasteiger partial charge in [-0.1, -0.05) is 12.1 Å². The summed E-state index contributed by atoms with van der Waals surface area (Å²) in [6, 6.07) is 8.74. The molecule has 1 aliphatic heterocycles. The van der Waals surface area contributed by atoms with Crippen molar-refractivity contribution in [3.05, 3.63) is 63.3 Å². The van der Waals surface area contributed by atoms with Crippen LogP contribution in [0.2, 0.25) is 0 Å². The molecule has 2 amide bonds. The van der Waals surface area contributed by atoms with E-state index in [1.807, 2.05) is 10.3 Å². The number of aromatic nitrogens is 1. The molecule has 0 aliphatic carbocycles. The maximum absolute atomic E-state index is 13.0. The van der Waals surface area contributed by atoms with Gasteiger partial charge in [0.25, 0.3) is 5.91 Å². The van der Waals surface area contributed by atoms with E-state index in [2.05, 4.69) is 10.3 Å². The second kappa shape index (κ2) is 9.29. The zero-order valence-electron chi connectivity index (χ0n) is 16.8. The van der Waals surface area contributed by atoms with Crippen LogP contribution < -0.4 is 10.2 Å².